The Morgan fingerprint density at radius 2 is 2.12 bits per heavy atom. The van der Waals surface area contributed by atoms with Gasteiger partial charge in [0.15, 0.2) is 5.75 Å². The number of carbonyl (C=O) groups is 1. The maximum absolute atomic E-state index is 12.6. The van der Waals surface area contributed by atoms with E-state index in [0.29, 0.717) is 12.5 Å². The van der Waals surface area contributed by atoms with Gasteiger partial charge in [0.25, 0.3) is 11.8 Å². The van der Waals surface area contributed by atoms with E-state index >= 15 is 0 Å². The van der Waals surface area contributed by atoms with Crippen molar-refractivity contribution in [3.8, 4) is 11.6 Å². The third-order valence-electron chi connectivity index (χ3n) is 4.07. The van der Waals surface area contributed by atoms with Crippen LogP contribution in [0.2, 0.25) is 0 Å². The Hall–Kier alpha value is -2.03. The lowest BCUT2D eigenvalue weighted by atomic mass is 10.1. The molecule has 2 heterocycles. The summed E-state index contributed by atoms with van der Waals surface area (Å²) in [5.74, 6) is -1.00. The van der Waals surface area contributed by atoms with Crippen molar-refractivity contribution in [1.82, 2.24) is 9.88 Å². The van der Waals surface area contributed by atoms with Crippen molar-refractivity contribution >= 4 is 5.91 Å². The fourth-order valence-corrected chi connectivity index (χ4v) is 2.45. The van der Waals surface area contributed by atoms with E-state index in [2.05, 4.69) is 9.72 Å². The molecule has 0 spiro atoms. The van der Waals surface area contributed by atoms with Gasteiger partial charge >= 0.3 is 6.36 Å². The van der Waals surface area contributed by atoms with E-state index in [4.69, 9.17) is 9.47 Å². The molecule has 25 heavy (non-hydrogen) atoms. The summed E-state index contributed by atoms with van der Waals surface area (Å²) in [6, 6.07) is 2.25. The molecule has 1 aliphatic heterocycles. The maximum Gasteiger partial charge on any atom is 0.573 e. The van der Waals surface area contributed by atoms with Crippen molar-refractivity contribution in [2.45, 2.75) is 38.6 Å². The van der Waals surface area contributed by atoms with E-state index < -0.39 is 23.6 Å². The lowest BCUT2D eigenvalue weighted by Crippen LogP contribution is -2.44. The molecule has 1 saturated heterocycles. The summed E-state index contributed by atoms with van der Waals surface area (Å²) in [5, 5.41) is 0. The van der Waals surface area contributed by atoms with Gasteiger partial charge in [0, 0.05) is 0 Å². The third-order valence-corrected chi connectivity index (χ3v) is 4.07. The van der Waals surface area contributed by atoms with E-state index in [-0.39, 0.29) is 24.9 Å². The standard InChI is InChI=1S/C16H19F3N2O4/c1-15(2)8-23-9-21(15)14(22)11-5-6-12(25-16(17,18)19)13(20-11)24-7-10-3-4-10/h5-6,10H,3-4,7-9H2,1-2H3. The molecule has 6 nitrogen and oxygen atoms in total. The van der Waals surface area contributed by atoms with Gasteiger partial charge in [0.1, 0.15) is 12.4 Å². The first-order chi connectivity index (χ1) is 11.7. The molecule has 2 aliphatic rings. The van der Waals surface area contributed by atoms with Crippen LogP contribution in [-0.2, 0) is 4.74 Å². The second kappa shape index (κ2) is 6.36. The Labute approximate surface area is 142 Å². The van der Waals surface area contributed by atoms with Gasteiger partial charge in [-0.1, -0.05) is 0 Å². The van der Waals surface area contributed by atoms with Gasteiger partial charge in [-0.2, -0.15) is 0 Å². The van der Waals surface area contributed by atoms with Crippen LogP contribution in [0, 0.1) is 5.92 Å². The van der Waals surface area contributed by atoms with Crippen molar-refractivity contribution in [3.63, 3.8) is 0 Å². The zero-order valence-corrected chi connectivity index (χ0v) is 13.9. The molecule has 138 valence electrons. The van der Waals surface area contributed by atoms with Crippen molar-refractivity contribution in [2.75, 3.05) is 19.9 Å². The molecule has 0 atom stereocenters. The number of rotatable bonds is 5. The molecule has 0 radical (unpaired) electrons. The zero-order chi connectivity index (χ0) is 18.2. The first-order valence-corrected chi connectivity index (χ1v) is 7.95. The van der Waals surface area contributed by atoms with E-state index in [1.165, 1.54) is 11.0 Å². The minimum Gasteiger partial charge on any atom is -0.475 e. The first kappa shape index (κ1) is 17.8. The molecule has 1 aromatic heterocycles. The minimum absolute atomic E-state index is 0.0149. The Morgan fingerprint density at radius 1 is 1.40 bits per heavy atom. The van der Waals surface area contributed by atoms with Crippen LogP contribution in [0.15, 0.2) is 12.1 Å². The Morgan fingerprint density at radius 3 is 2.68 bits per heavy atom. The molecule has 0 N–H and O–H groups in total. The van der Waals surface area contributed by atoms with Crippen molar-refractivity contribution in [1.29, 1.82) is 0 Å². The molecular formula is C16H19F3N2O4. The first-order valence-electron chi connectivity index (χ1n) is 7.95. The highest BCUT2D eigenvalue weighted by Crippen LogP contribution is 2.34. The maximum atomic E-state index is 12.6. The predicted octanol–water partition coefficient (Wildman–Crippen LogP) is 2.98. The lowest BCUT2D eigenvalue weighted by Gasteiger charge is -2.28. The average molecular weight is 360 g/mol. The number of amides is 1. The Kier molecular flexibility index (Phi) is 4.52. The minimum atomic E-state index is -4.87. The number of alkyl halides is 3. The van der Waals surface area contributed by atoms with Crippen LogP contribution < -0.4 is 9.47 Å². The number of halogens is 3. The quantitative estimate of drug-likeness (QED) is 0.808. The molecule has 1 aromatic rings. The van der Waals surface area contributed by atoms with Crippen LogP contribution in [0.1, 0.15) is 37.2 Å². The molecule has 9 heteroatoms. The summed E-state index contributed by atoms with van der Waals surface area (Å²) in [7, 11) is 0. The van der Waals surface area contributed by atoms with Gasteiger partial charge in [-0.3, -0.25) is 4.79 Å². The van der Waals surface area contributed by atoms with Gasteiger partial charge in [-0.15, -0.1) is 13.2 Å². The van der Waals surface area contributed by atoms with Gasteiger partial charge in [0.05, 0.1) is 18.8 Å². The predicted molar refractivity (Wildman–Crippen MR) is 80.2 cm³/mol. The second-order valence-corrected chi connectivity index (χ2v) is 6.83. The molecular weight excluding hydrogens is 341 g/mol. The van der Waals surface area contributed by atoms with Gasteiger partial charge in [-0.25, -0.2) is 4.98 Å². The van der Waals surface area contributed by atoms with Crippen molar-refractivity contribution in [2.24, 2.45) is 5.92 Å². The number of hydrogen-bond acceptors (Lipinski definition) is 5. The molecule has 1 saturated carbocycles. The van der Waals surface area contributed by atoms with Crippen LogP contribution in [0.5, 0.6) is 11.6 Å². The highest BCUT2D eigenvalue weighted by molar-refractivity contribution is 5.93. The second-order valence-electron chi connectivity index (χ2n) is 6.83. The summed E-state index contributed by atoms with van der Waals surface area (Å²) in [4.78, 5) is 18.1. The molecule has 3 rings (SSSR count). The number of pyridine rings is 1. The molecule has 1 aliphatic carbocycles. The highest BCUT2D eigenvalue weighted by atomic mass is 19.4. The van der Waals surface area contributed by atoms with E-state index in [1.807, 2.05) is 13.8 Å². The Balaban J connectivity index is 1.84. The fourth-order valence-electron chi connectivity index (χ4n) is 2.45. The number of carbonyl (C=O) groups excluding carboxylic acids is 1. The fraction of sp³-hybridized carbons (Fsp3) is 0.625. The van der Waals surface area contributed by atoms with Crippen LogP contribution in [-0.4, -0.2) is 47.6 Å². The van der Waals surface area contributed by atoms with Crippen LogP contribution in [0.4, 0.5) is 13.2 Å². The summed E-state index contributed by atoms with van der Waals surface area (Å²) >= 11 is 0. The normalized spacial score (nSPS) is 19.8. The number of ether oxygens (including phenoxy) is 3. The van der Waals surface area contributed by atoms with Gasteiger partial charge in [0.2, 0.25) is 0 Å². The highest BCUT2D eigenvalue weighted by Gasteiger charge is 2.38. The monoisotopic (exact) mass is 360 g/mol. The third kappa shape index (κ3) is 4.33. The van der Waals surface area contributed by atoms with Crippen LogP contribution >= 0.6 is 0 Å². The van der Waals surface area contributed by atoms with Crippen molar-refractivity contribution in [3.05, 3.63) is 17.8 Å². The molecule has 0 unspecified atom stereocenters. The van der Waals surface area contributed by atoms with E-state index in [9.17, 15) is 18.0 Å². The summed E-state index contributed by atoms with van der Waals surface area (Å²) in [5.41, 5.74) is -0.534. The molecule has 1 amide bonds. The lowest BCUT2D eigenvalue weighted by molar-refractivity contribution is -0.275. The number of aromatic nitrogens is 1. The summed E-state index contributed by atoms with van der Waals surface area (Å²) < 4.78 is 52.2. The zero-order valence-electron chi connectivity index (χ0n) is 13.9. The SMILES string of the molecule is CC1(C)COCN1C(=O)c1ccc(OC(F)(F)F)c(OCC2CC2)n1. The molecule has 0 bridgehead atoms. The van der Waals surface area contributed by atoms with Crippen molar-refractivity contribution < 1.29 is 32.2 Å². The largest absolute Gasteiger partial charge is 0.573 e. The van der Waals surface area contributed by atoms with Crippen LogP contribution in [0.25, 0.3) is 0 Å². The van der Waals surface area contributed by atoms with Gasteiger partial charge < -0.3 is 19.1 Å². The summed E-state index contributed by atoms with van der Waals surface area (Å²) in [6.45, 7) is 4.40. The number of nitrogens with zero attached hydrogens (tertiary/aromatic N) is 2. The smallest absolute Gasteiger partial charge is 0.475 e. The molecule has 0 aromatic carbocycles. The van der Waals surface area contributed by atoms with E-state index in [0.717, 1.165) is 18.9 Å². The van der Waals surface area contributed by atoms with Gasteiger partial charge in [-0.05, 0) is 44.7 Å². The molecule has 2 fully saturated rings. The summed E-state index contributed by atoms with van der Waals surface area (Å²) in [6.07, 6.45) is -2.93. The Bertz CT molecular complexity index is 659. The number of hydrogen-bond donors (Lipinski definition) is 0. The van der Waals surface area contributed by atoms with E-state index in [1.54, 1.807) is 0 Å². The topological polar surface area (TPSA) is 60.9 Å². The average Bonchev–Trinajstić information content (AvgIpc) is 3.26. The van der Waals surface area contributed by atoms with Crippen LogP contribution in [0.3, 0.4) is 0 Å².